The van der Waals surface area contributed by atoms with E-state index in [0.29, 0.717) is 16.9 Å². The molecule has 1 aromatic heterocycles. The summed E-state index contributed by atoms with van der Waals surface area (Å²) in [4.78, 5) is 77.9. The molecule has 0 spiro atoms. The zero-order valence-corrected chi connectivity index (χ0v) is 36.5. The number of nitrogens with zero attached hydrogens (tertiary/aromatic N) is 3. The molecule has 2 N–H and O–H groups in total. The lowest BCUT2D eigenvalue weighted by atomic mass is 10.0. The molecule has 3 aromatic carbocycles. The Morgan fingerprint density at radius 2 is 1.64 bits per heavy atom. The number of thioether (sulfide) groups is 1. The summed E-state index contributed by atoms with van der Waals surface area (Å²) in [6.45, 7) is 4.67. The quantitative estimate of drug-likeness (QED) is 0.0219. The highest BCUT2D eigenvalue weighted by Crippen LogP contribution is 2.41. The lowest BCUT2D eigenvalue weighted by molar-refractivity contribution is -0.153. The van der Waals surface area contributed by atoms with E-state index in [1.165, 1.54) is 16.7 Å². The van der Waals surface area contributed by atoms with E-state index in [1.54, 1.807) is 52.1 Å². The fourth-order valence-electron chi connectivity index (χ4n) is 6.02. The standard InChI is InChI=1S/C42H41Cl2N5O10S2/c1-42(2,3)59-41(54)47-40-46-30(35(44)61-40)31(48-57-20-19-29(50)58-34(25-11-7-5-8-12-25)26-13-9-6-10-14-26)36(51)45-32-37(52)49-33(27(21-43)23-60-38(32)49)39(53)56-22-24-15-17-28(55-4)18-16-24/h5-18,32,34,38H,19-23H2,1-4H3,(H,45,51)(H,46,47,54)/b48-31-. The molecular weight excluding hydrogens is 870 g/mol. The number of hydrogen-bond acceptors (Lipinski definition) is 14. The monoisotopic (exact) mass is 909 g/mol. The molecule has 2 unspecified atom stereocenters. The van der Waals surface area contributed by atoms with Crippen LogP contribution in [0.25, 0.3) is 0 Å². The van der Waals surface area contributed by atoms with E-state index < -0.39 is 58.7 Å². The van der Waals surface area contributed by atoms with Gasteiger partial charge in [-0.05, 0) is 55.2 Å². The number of methoxy groups -OCH3 is 1. The number of hydrogen-bond donors (Lipinski definition) is 2. The van der Waals surface area contributed by atoms with Crippen molar-refractivity contribution in [2.75, 3.05) is 30.7 Å². The minimum atomic E-state index is -1.12. The van der Waals surface area contributed by atoms with E-state index >= 15 is 0 Å². The molecule has 0 bridgehead atoms. The Hall–Kier alpha value is -5.62. The molecule has 2 aliphatic rings. The second kappa shape index (κ2) is 20.3. The van der Waals surface area contributed by atoms with Crippen LogP contribution in [0.2, 0.25) is 4.34 Å². The van der Waals surface area contributed by atoms with Crippen LogP contribution in [0.5, 0.6) is 5.75 Å². The van der Waals surface area contributed by atoms with Crippen molar-refractivity contribution in [2.45, 2.75) is 56.9 Å². The number of nitrogens with one attached hydrogen (secondary N) is 2. The first-order valence-electron chi connectivity index (χ1n) is 18.8. The number of benzene rings is 3. The van der Waals surface area contributed by atoms with Gasteiger partial charge < -0.3 is 29.1 Å². The number of anilines is 1. The molecule has 3 amide bonds. The summed E-state index contributed by atoms with van der Waals surface area (Å²) in [6.07, 6.45) is -1.76. The van der Waals surface area contributed by atoms with Crippen molar-refractivity contribution in [3.63, 3.8) is 0 Å². The predicted molar refractivity (Wildman–Crippen MR) is 230 cm³/mol. The van der Waals surface area contributed by atoms with Gasteiger partial charge >= 0.3 is 18.0 Å². The number of carbonyl (C=O) groups is 5. The van der Waals surface area contributed by atoms with Gasteiger partial charge in [0.05, 0.1) is 13.5 Å². The Bertz CT molecular complexity index is 2260. The Morgan fingerprint density at radius 1 is 0.984 bits per heavy atom. The van der Waals surface area contributed by atoms with Gasteiger partial charge in [-0.1, -0.05) is 101 Å². The molecule has 3 heterocycles. The maximum Gasteiger partial charge on any atom is 0.413 e. The minimum absolute atomic E-state index is 0.00837. The molecule has 320 valence electrons. The highest BCUT2D eigenvalue weighted by atomic mass is 35.5. The van der Waals surface area contributed by atoms with Gasteiger partial charge in [0.1, 0.15) is 51.7 Å². The van der Waals surface area contributed by atoms with Crippen LogP contribution in [0.3, 0.4) is 0 Å². The van der Waals surface area contributed by atoms with Crippen LogP contribution in [-0.2, 0) is 44.8 Å². The summed E-state index contributed by atoms with van der Waals surface area (Å²) in [6, 6.07) is 24.3. The van der Waals surface area contributed by atoms with E-state index in [2.05, 4.69) is 20.8 Å². The van der Waals surface area contributed by atoms with Gasteiger partial charge in [0.15, 0.2) is 16.9 Å². The normalized spacial score (nSPS) is 16.3. The summed E-state index contributed by atoms with van der Waals surface area (Å²) >= 11 is 14.9. The molecule has 0 aliphatic carbocycles. The van der Waals surface area contributed by atoms with Crippen molar-refractivity contribution < 1.29 is 47.8 Å². The van der Waals surface area contributed by atoms with Crippen molar-refractivity contribution in [1.29, 1.82) is 0 Å². The number of amides is 3. The van der Waals surface area contributed by atoms with Crippen molar-refractivity contribution in [1.82, 2.24) is 15.2 Å². The number of alkyl halides is 1. The largest absolute Gasteiger partial charge is 0.497 e. The topological polar surface area (TPSA) is 184 Å². The van der Waals surface area contributed by atoms with Crippen molar-refractivity contribution in [3.8, 4) is 5.75 Å². The summed E-state index contributed by atoms with van der Waals surface area (Å²) in [5, 5.41) is 8.44. The lowest BCUT2D eigenvalue weighted by Gasteiger charge is -2.49. The summed E-state index contributed by atoms with van der Waals surface area (Å²) < 4.78 is 21.9. The Balaban J connectivity index is 1.17. The molecule has 6 rings (SSSR count). The predicted octanol–water partition coefficient (Wildman–Crippen LogP) is 7.23. The molecule has 15 nitrogen and oxygen atoms in total. The number of oxime groups is 1. The van der Waals surface area contributed by atoms with Crippen LogP contribution >= 0.6 is 46.3 Å². The average Bonchev–Trinajstić information content (AvgIpc) is 3.61. The van der Waals surface area contributed by atoms with E-state index in [4.69, 9.17) is 47.0 Å². The number of aromatic nitrogens is 1. The van der Waals surface area contributed by atoms with Gasteiger partial charge in [0, 0.05) is 11.6 Å². The second-order valence-electron chi connectivity index (χ2n) is 14.4. The summed E-state index contributed by atoms with van der Waals surface area (Å²) in [7, 11) is 1.54. The van der Waals surface area contributed by atoms with Gasteiger partial charge in [0.25, 0.3) is 11.8 Å². The van der Waals surface area contributed by atoms with Gasteiger partial charge in [-0.3, -0.25) is 24.6 Å². The number of carbonyl (C=O) groups excluding carboxylic acids is 5. The first kappa shape index (κ1) is 44.9. The number of ether oxygens (including phenoxy) is 4. The Morgan fingerprint density at radius 3 is 2.25 bits per heavy atom. The number of halogens is 2. The van der Waals surface area contributed by atoms with Crippen LogP contribution in [0.4, 0.5) is 9.93 Å². The van der Waals surface area contributed by atoms with E-state index in [9.17, 15) is 24.0 Å². The fourth-order valence-corrected chi connectivity index (χ4v) is 8.73. The van der Waals surface area contributed by atoms with Gasteiger partial charge in [-0.15, -0.1) is 23.4 Å². The summed E-state index contributed by atoms with van der Waals surface area (Å²) in [5.74, 6) is -1.98. The summed E-state index contributed by atoms with van der Waals surface area (Å²) in [5.41, 5.74) is 1.28. The smallest absolute Gasteiger partial charge is 0.413 e. The van der Waals surface area contributed by atoms with Crippen LogP contribution in [0.15, 0.2) is 101 Å². The number of thiazole rings is 1. The molecule has 19 heteroatoms. The number of fused-ring (bicyclic) bond motifs is 1. The van der Waals surface area contributed by atoms with Crippen LogP contribution < -0.4 is 15.4 Å². The maximum atomic E-state index is 14.0. The first-order chi connectivity index (χ1) is 29.3. The minimum Gasteiger partial charge on any atom is -0.497 e. The van der Waals surface area contributed by atoms with Gasteiger partial charge in [0.2, 0.25) is 0 Å². The Labute approximate surface area is 369 Å². The molecular formula is C42H41Cl2N5O10S2. The lowest BCUT2D eigenvalue weighted by Crippen LogP contribution is -2.71. The van der Waals surface area contributed by atoms with E-state index in [-0.39, 0.29) is 52.1 Å². The second-order valence-corrected chi connectivity index (χ2v) is 17.3. The third-order valence-electron chi connectivity index (χ3n) is 8.86. The highest BCUT2D eigenvalue weighted by molar-refractivity contribution is 8.00. The van der Waals surface area contributed by atoms with Crippen molar-refractivity contribution >= 4 is 87.0 Å². The fraction of sp³-hybridized carbons (Fsp3) is 0.310. The van der Waals surface area contributed by atoms with Crippen LogP contribution in [0.1, 0.15) is 55.7 Å². The maximum absolute atomic E-state index is 14.0. The molecule has 2 atom stereocenters. The zero-order chi connectivity index (χ0) is 43.7. The molecule has 0 radical (unpaired) electrons. The Kier molecular flexibility index (Phi) is 14.9. The SMILES string of the molecule is COc1ccc(COC(=O)C2=C(CCl)CSC3C(NC(=O)/C(=N\OCCC(=O)OC(c4ccccc4)c4ccccc4)c4nc(NC(=O)OC(C)(C)C)sc4Cl)C(=O)N23)cc1. The molecule has 1 fully saturated rings. The van der Waals surface area contributed by atoms with Crippen LogP contribution in [-0.4, -0.2) is 87.8 Å². The number of esters is 2. The van der Waals surface area contributed by atoms with Gasteiger partial charge in [-0.25, -0.2) is 14.6 Å². The first-order valence-corrected chi connectivity index (χ1v) is 21.5. The van der Waals surface area contributed by atoms with Crippen molar-refractivity contribution in [3.05, 3.63) is 123 Å². The third-order valence-corrected chi connectivity index (χ3v) is 11.7. The van der Waals surface area contributed by atoms with E-state index in [1.807, 2.05) is 60.7 Å². The number of β-lactam (4-membered cyclic amide) rings is 1. The van der Waals surface area contributed by atoms with Gasteiger partial charge in [-0.2, -0.15) is 0 Å². The third kappa shape index (κ3) is 11.4. The van der Waals surface area contributed by atoms with E-state index in [0.717, 1.165) is 22.5 Å². The molecule has 1 saturated heterocycles. The molecule has 4 aromatic rings. The molecule has 0 saturated carbocycles. The zero-order valence-electron chi connectivity index (χ0n) is 33.3. The number of rotatable bonds is 16. The highest BCUT2D eigenvalue weighted by Gasteiger charge is 2.54. The van der Waals surface area contributed by atoms with Crippen LogP contribution in [0, 0.1) is 0 Å². The molecule has 2 aliphatic heterocycles. The average molecular weight is 911 g/mol. The molecule has 61 heavy (non-hydrogen) atoms. The van der Waals surface area contributed by atoms with Crippen molar-refractivity contribution in [2.24, 2.45) is 5.16 Å².